The summed E-state index contributed by atoms with van der Waals surface area (Å²) in [7, 11) is 1.31. The van der Waals surface area contributed by atoms with Crippen molar-refractivity contribution in [2.45, 2.75) is 44.8 Å². The minimum atomic E-state index is -1.55. The Morgan fingerprint density at radius 2 is 1.24 bits per heavy atom. The Bertz CT molecular complexity index is 1570. The number of aromatic nitrogens is 1. The van der Waals surface area contributed by atoms with Crippen molar-refractivity contribution in [2.75, 3.05) is 25.7 Å². The molecule has 0 saturated carbocycles. The zero-order valence-corrected chi connectivity index (χ0v) is 27.7. The van der Waals surface area contributed by atoms with Gasteiger partial charge in [-0.15, -0.1) is 0 Å². The SMILES string of the molecule is CN1C=CN(C2(c3cccc(-c4ccccc4)n3)c3ccc([Si](C)(C)C)cc3N(C)c3cc([Si](C)(C)C)ccc32)C1. The van der Waals surface area contributed by atoms with E-state index in [9.17, 15) is 0 Å². The van der Waals surface area contributed by atoms with E-state index >= 15 is 0 Å². The average molecular weight is 575 g/mol. The molecule has 0 spiro atoms. The molecule has 0 N–H and O–H groups in total. The van der Waals surface area contributed by atoms with Crippen LogP contribution in [0.5, 0.6) is 0 Å². The van der Waals surface area contributed by atoms with Crippen molar-refractivity contribution in [1.82, 2.24) is 14.8 Å². The summed E-state index contributed by atoms with van der Waals surface area (Å²) < 4.78 is 0. The van der Waals surface area contributed by atoms with Crippen LogP contribution in [0.3, 0.4) is 0 Å². The molecule has 6 rings (SSSR count). The zero-order chi connectivity index (χ0) is 29.2. The Labute approximate surface area is 248 Å². The minimum absolute atomic E-state index is 0.584. The maximum Gasteiger partial charge on any atom is 0.138 e. The van der Waals surface area contributed by atoms with Crippen molar-refractivity contribution in [3.63, 3.8) is 0 Å². The lowest BCUT2D eigenvalue weighted by molar-refractivity contribution is 0.189. The standard InChI is InChI=1S/C35H42N4Si2/c1-37-21-22-39(25-37)35(34-16-12-15-31(36-34)26-13-10-9-11-14-26)29-19-17-27(40(3,4)5)23-32(29)38(2)33-24-28(41(6,7)8)18-20-30(33)35/h9-24H,25H2,1-8H3. The van der Waals surface area contributed by atoms with Crippen molar-refractivity contribution in [3.05, 3.63) is 114 Å². The van der Waals surface area contributed by atoms with Crippen LogP contribution in [0.25, 0.3) is 11.3 Å². The molecule has 0 atom stereocenters. The summed E-state index contributed by atoms with van der Waals surface area (Å²) in [6, 6.07) is 31.6. The van der Waals surface area contributed by atoms with Gasteiger partial charge in [-0.25, -0.2) is 4.98 Å². The van der Waals surface area contributed by atoms with Gasteiger partial charge in [-0.1, -0.05) is 110 Å². The number of nitrogens with zero attached hydrogens (tertiary/aromatic N) is 4. The lowest BCUT2D eigenvalue weighted by atomic mass is 9.74. The molecule has 0 bridgehead atoms. The molecule has 41 heavy (non-hydrogen) atoms. The highest BCUT2D eigenvalue weighted by Crippen LogP contribution is 2.54. The van der Waals surface area contributed by atoms with Gasteiger partial charge in [0, 0.05) is 54.6 Å². The molecule has 0 saturated heterocycles. The molecule has 0 radical (unpaired) electrons. The van der Waals surface area contributed by atoms with E-state index in [1.165, 1.54) is 32.9 Å². The smallest absolute Gasteiger partial charge is 0.138 e. The summed E-state index contributed by atoms with van der Waals surface area (Å²) in [6.45, 7) is 15.4. The zero-order valence-electron chi connectivity index (χ0n) is 25.7. The molecular weight excluding hydrogens is 533 g/mol. The minimum Gasteiger partial charge on any atom is -0.362 e. The second-order valence-corrected chi connectivity index (χ2v) is 23.8. The van der Waals surface area contributed by atoms with E-state index in [4.69, 9.17) is 4.98 Å². The molecule has 3 aromatic carbocycles. The van der Waals surface area contributed by atoms with Crippen LogP contribution in [-0.4, -0.2) is 51.7 Å². The van der Waals surface area contributed by atoms with E-state index in [0.717, 1.165) is 23.6 Å². The summed E-state index contributed by atoms with van der Waals surface area (Å²) in [6.07, 6.45) is 4.45. The van der Waals surface area contributed by atoms with Crippen LogP contribution in [0.2, 0.25) is 39.3 Å². The molecule has 0 unspecified atom stereocenters. The molecule has 0 amide bonds. The number of rotatable bonds is 5. The monoisotopic (exact) mass is 574 g/mol. The van der Waals surface area contributed by atoms with E-state index in [0.29, 0.717) is 0 Å². The molecule has 1 aromatic heterocycles. The fourth-order valence-corrected chi connectivity index (χ4v) is 8.63. The van der Waals surface area contributed by atoms with E-state index in [1.807, 2.05) is 0 Å². The highest BCUT2D eigenvalue weighted by Gasteiger charge is 2.50. The van der Waals surface area contributed by atoms with Crippen LogP contribution in [-0.2, 0) is 5.54 Å². The Morgan fingerprint density at radius 3 is 1.76 bits per heavy atom. The van der Waals surface area contributed by atoms with Gasteiger partial charge in [0.2, 0.25) is 0 Å². The number of pyridine rings is 1. The maximum absolute atomic E-state index is 5.48. The van der Waals surface area contributed by atoms with Gasteiger partial charge in [-0.3, -0.25) is 0 Å². The number of anilines is 2. The predicted molar refractivity (Wildman–Crippen MR) is 180 cm³/mol. The molecule has 4 aromatic rings. The lowest BCUT2D eigenvalue weighted by Gasteiger charge is -2.49. The summed E-state index contributed by atoms with van der Waals surface area (Å²) in [4.78, 5) is 12.7. The van der Waals surface area contributed by atoms with Gasteiger partial charge in [0.1, 0.15) is 5.54 Å². The third-order valence-corrected chi connectivity index (χ3v) is 12.8. The summed E-state index contributed by atoms with van der Waals surface area (Å²) >= 11 is 0. The first-order chi connectivity index (χ1) is 19.4. The summed E-state index contributed by atoms with van der Waals surface area (Å²) in [5.41, 5.74) is 7.73. The van der Waals surface area contributed by atoms with E-state index in [-0.39, 0.29) is 0 Å². The molecule has 2 aliphatic heterocycles. The second kappa shape index (κ2) is 9.74. The first kappa shape index (κ1) is 27.5. The fourth-order valence-electron chi connectivity index (χ4n) is 6.32. The second-order valence-electron chi connectivity index (χ2n) is 13.7. The number of benzene rings is 3. The molecule has 6 heteroatoms. The first-order valence-electron chi connectivity index (χ1n) is 14.6. The van der Waals surface area contributed by atoms with Crippen LogP contribution in [0, 0.1) is 0 Å². The Hall–Kier alpha value is -3.62. The van der Waals surface area contributed by atoms with Crippen molar-refractivity contribution in [2.24, 2.45) is 0 Å². The van der Waals surface area contributed by atoms with Crippen molar-refractivity contribution < 1.29 is 0 Å². The molecule has 0 aliphatic carbocycles. The normalized spacial score (nSPS) is 16.1. The van der Waals surface area contributed by atoms with Gasteiger partial charge < -0.3 is 14.7 Å². The molecule has 210 valence electrons. The van der Waals surface area contributed by atoms with Gasteiger partial charge in [0.15, 0.2) is 0 Å². The van der Waals surface area contributed by atoms with E-state index in [2.05, 4.69) is 165 Å². The molecule has 2 aliphatic rings. The number of fused-ring (bicyclic) bond motifs is 2. The van der Waals surface area contributed by atoms with Crippen LogP contribution in [0.1, 0.15) is 16.8 Å². The van der Waals surface area contributed by atoms with Crippen LogP contribution in [0.15, 0.2) is 97.3 Å². The van der Waals surface area contributed by atoms with Crippen LogP contribution in [0.4, 0.5) is 11.4 Å². The summed E-state index contributed by atoms with van der Waals surface area (Å²) in [5, 5.41) is 2.95. The highest BCUT2D eigenvalue weighted by atomic mass is 28.3. The molecular formula is C35H42N4Si2. The third kappa shape index (κ3) is 4.54. The highest BCUT2D eigenvalue weighted by molar-refractivity contribution is 6.89. The Kier molecular flexibility index (Phi) is 6.55. The van der Waals surface area contributed by atoms with Crippen molar-refractivity contribution in [1.29, 1.82) is 0 Å². The van der Waals surface area contributed by atoms with Crippen molar-refractivity contribution in [3.8, 4) is 11.3 Å². The van der Waals surface area contributed by atoms with Crippen molar-refractivity contribution >= 4 is 37.9 Å². The Balaban J connectivity index is 1.72. The topological polar surface area (TPSA) is 22.6 Å². The van der Waals surface area contributed by atoms with Crippen LogP contribution >= 0.6 is 0 Å². The quantitative estimate of drug-likeness (QED) is 0.242. The maximum atomic E-state index is 5.48. The van der Waals surface area contributed by atoms with E-state index in [1.54, 1.807) is 0 Å². The molecule has 4 nitrogen and oxygen atoms in total. The lowest BCUT2D eigenvalue weighted by Crippen LogP contribution is -2.51. The van der Waals surface area contributed by atoms with Gasteiger partial charge >= 0.3 is 0 Å². The van der Waals surface area contributed by atoms with Gasteiger partial charge in [0.05, 0.1) is 34.2 Å². The largest absolute Gasteiger partial charge is 0.362 e. The van der Waals surface area contributed by atoms with Crippen LogP contribution < -0.4 is 15.3 Å². The fraction of sp³-hybridized carbons (Fsp3) is 0.286. The number of hydrogen-bond donors (Lipinski definition) is 0. The van der Waals surface area contributed by atoms with Gasteiger partial charge in [-0.2, -0.15) is 0 Å². The summed E-state index contributed by atoms with van der Waals surface area (Å²) in [5.74, 6) is 0. The number of hydrogen-bond acceptors (Lipinski definition) is 4. The first-order valence-corrected chi connectivity index (χ1v) is 21.6. The van der Waals surface area contributed by atoms with E-state index < -0.39 is 21.7 Å². The predicted octanol–water partition coefficient (Wildman–Crippen LogP) is 6.89. The molecule has 3 heterocycles. The average Bonchev–Trinajstić information content (AvgIpc) is 3.39. The van der Waals surface area contributed by atoms with Gasteiger partial charge in [-0.05, 0) is 24.3 Å². The third-order valence-electron chi connectivity index (χ3n) is 8.73. The molecule has 0 fully saturated rings. The van der Waals surface area contributed by atoms with Gasteiger partial charge in [0.25, 0.3) is 0 Å². The Morgan fingerprint density at radius 1 is 0.659 bits per heavy atom.